The summed E-state index contributed by atoms with van der Waals surface area (Å²) in [4.78, 5) is 49.1. The lowest BCUT2D eigenvalue weighted by molar-refractivity contribution is -0.119. The number of fused-ring (bicyclic) bond motifs is 1. The Kier molecular flexibility index (Phi) is 8.54. The van der Waals surface area contributed by atoms with Crippen LogP contribution in [0.3, 0.4) is 0 Å². The smallest absolute Gasteiger partial charge is 0.416 e. The van der Waals surface area contributed by atoms with Gasteiger partial charge in [0.15, 0.2) is 0 Å². The van der Waals surface area contributed by atoms with Crippen LogP contribution in [0.4, 0.5) is 21.0 Å². The Labute approximate surface area is 218 Å². The average Bonchev–Trinajstić information content (AvgIpc) is 2.89. The Balaban J connectivity index is 2.03. The van der Waals surface area contributed by atoms with Crippen LogP contribution in [0.5, 0.6) is 0 Å². The van der Waals surface area contributed by atoms with E-state index in [0.717, 1.165) is 5.56 Å². The minimum atomic E-state index is -1.28. The van der Waals surface area contributed by atoms with Crippen LogP contribution in [-0.4, -0.2) is 79.7 Å². The third-order valence-corrected chi connectivity index (χ3v) is 5.51. The highest BCUT2D eigenvalue weighted by molar-refractivity contribution is 6.15. The lowest BCUT2D eigenvalue weighted by atomic mass is 10.1. The number of amidine groups is 1. The molecular weight excluding hydrogens is 472 g/mol. The molecule has 0 bridgehead atoms. The first kappa shape index (κ1) is 27.7. The summed E-state index contributed by atoms with van der Waals surface area (Å²) < 4.78 is 5.69. The SMILES string of the molecule is Cc1cccc(NC(=O)N[C@@H]2N=C(N(CCN(C)C)C(=O)OC(C)(C)C)c3ccccc3N(C)C2=O)c1. The molecular formula is C27H36N6O4. The van der Waals surface area contributed by atoms with Crippen molar-refractivity contribution in [3.8, 4) is 0 Å². The van der Waals surface area contributed by atoms with Gasteiger partial charge in [0.1, 0.15) is 11.4 Å². The van der Waals surface area contributed by atoms with E-state index in [-0.39, 0.29) is 12.4 Å². The minimum Gasteiger partial charge on any atom is -0.443 e. The van der Waals surface area contributed by atoms with Crippen molar-refractivity contribution in [1.82, 2.24) is 15.1 Å². The normalized spacial score (nSPS) is 15.5. The Hall–Kier alpha value is -3.92. The molecule has 37 heavy (non-hydrogen) atoms. The van der Waals surface area contributed by atoms with Crippen LogP contribution in [0.1, 0.15) is 31.9 Å². The highest BCUT2D eigenvalue weighted by Crippen LogP contribution is 2.27. The Morgan fingerprint density at radius 3 is 2.43 bits per heavy atom. The zero-order valence-corrected chi connectivity index (χ0v) is 22.5. The van der Waals surface area contributed by atoms with Gasteiger partial charge in [-0.1, -0.05) is 24.3 Å². The lowest BCUT2D eigenvalue weighted by Gasteiger charge is -2.29. The molecule has 0 fully saturated rings. The van der Waals surface area contributed by atoms with Gasteiger partial charge < -0.3 is 25.2 Å². The summed E-state index contributed by atoms with van der Waals surface area (Å²) in [5.74, 6) is -0.205. The number of carbonyl (C=O) groups is 3. The molecule has 198 valence electrons. The Bertz CT molecular complexity index is 1190. The number of hydrogen-bond donors (Lipinski definition) is 2. The highest BCUT2D eigenvalue weighted by Gasteiger charge is 2.35. The van der Waals surface area contributed by atoms with Crippen LogP contribution in [-0.2, 0) is 9.53 Å². The molecule has 4 amide bonds. The largest absolute Gasteiger partial charge is 0.443 e. The first-order valence-corrected chi connectivity index (χ1v) is 12.1. The number of benzodiazepines with no additional fused rings is 1. The van der Waals surface area contributed by atoms with Crippen molar-refractivity contribution in [2.24, 2.45) is 4.99 Å². The van der Waals surface area contributed by atoms with Gasteiger partial charge in [0, 0.05) is 31.4 Å². The van der Waals surface area contributed by atoms with Crippen molar-refractivity contribution in [2.45, 2.75) is 39.5 Å². The summed E-state index contributed by atoms with van der Waals surface area (Å²) in [6, 6.07) is 13.9. The molecule has 0 saturated heterocycles. The molecule has 10 nitrogen and oxygen atoms in total. The molecule has 3 rings (SSSR count). The molecule has 1 atom stereocenters. The second kappa shape index (κ2) is 11.4. The van der Waals surface area contributed by atoms with Crippen LogP contribution in [0.25, 0.3) is 0 Å². The number of hydrogen-bond acceptors (Lipinski definition) is 6. The summed E-state index contributed by atoms with van der Waals surface area (Å²) in [5.41, 5.74) is 1.96. The number of para-hydroxylation sites is 1. The Morgan fingerprint density at radius 2 is 1.78 bits per heavy atom. The van der Waals surface area contributed by atoms with E-state index in [2.05, 4.69) is 15.6 Å². The van der Waals surface area contributed by atoms with Crippen LogP contribution in [0, 0.1) is 6.92 Å². The fraction of sp³-hybridized carbons (Fsp3) is 0.407. The molecule has 0 aromatic heterocycles. The zero-order valence-electron chi connectivity index (χ0n) is 22.5. The van der Waals surface area contributed by atoms with Gasteiger partial charge in [-0.15, -0.1) is 0 Å². The van der Waals surface area contributed by atoms with Crippen molar-refractivity contribution < 1.29 is 19.1 Å². The molecule has 10 heteroatoms. The van der Waals surface area contributed by atoms with Gasteiger partial charge in [0.2, 0.25) is 6.17 Å². The standard InChI is InChI=1S/C27H36N6O4/c1-18-11-10-12-19(17-18)28-25(35)30-22-24(34)32(7)21-14-9-8-13-20(21)23(29-22)33(16-15-31(5)6)26(36)37-27(2,3)4/h8-14,17,22H,15-16H2,1-7H3,(H2,28,30,35)/t22-/m0/s1. The van der Waals surface area contributed by atoms with Gasteiger partial charge in [0.25, 0.3) is 5.91 Å². The van der Waals surface area contributed by atoms with E-state index in [1.165, 1.54) is 9.80 Å². The van der Waals surface area contributed by atoms with E-state index >= 15 is 0 Å². The number of benzene rings is 2. The van der Waals surface area contributed by atoms with Gasteiger partial charge in [-0.2, -0.15) is 0 Å². The number of aryl methyl sites for hydroxylation is 1. The number of amides is 4. The third-order valence-electron chi connectivity index (χ3n) is 5.51. The summed E-state index contributed by atoms with van der Waals surface area (Å²) in [7, 11) is 5.41. The van der Waals surface area contributed by atoms with Gasteiger partial charge in [-0.25, -0.2) is 14.6 Å². The van der Waals surface area contributed by atoms with E-state index in [9.17, 15) is 14.4 Å². The molecule has 1 aliphatic heterocycles. The van der Waals surface area contributed by atoms with E-state index < -0.39 is 29.8 Å². The molecule has 1 aliphatic rings. The second-order valence-corrected chi connectivity index (χ2v) is 10.2. The van der Waals surface area contributed by atoms with Crippen LogP contribution in [0.15, 0.2) is 53.5 Å². The number of anilines is 2. The number of likely N-dealkylation sites (N-methyl/N-ethyl adjacent to an activating group) is 2. The number of nitrogens with one attached hydrogen (secondary N) is 2. The lowest BCUT2D eigenvalue weighted by Crippen LogP contribution is -2.48. The molecule has 2 aromatic rings. The fourth-order valence-corrected chi connectivity index (χ4v) is 3.73. The van der Waals surface area contributed by atoms with Crippen molar-refractivity contribution in [3.05, 3.63) is 59.7 Å². The number of carbonyl (C=O) groups excluding carboxylic acids is 3. The van der Waals surface area contributed by atoms with Crippen molar-refractivity contribution >= 4 is 35.2 Å². The second-order valence-electron chi connectivity index (χ2n) is 10.2. The van der Waals surface area contributed by atoms with Crippen LogP contribution >= 0.6 is 0 Å². The van der Waals surface area contributed by atoms with Gasteiger partial charge in [-0.3, -0.25) is 9.69 Å². The predicted molar refractivity (Wildman–Crippen MR) is 145 cm³/mol. The summed E-state index contributed by atoms with van der Waals surface area (Å²) >= 11 is 0. The van der Waals surface area contributed by atoms with Crippen LogP contribution < -0.4 is 15.5 Å². The monoisotopic (exact) mass is 508 g/mol. The average molecular weight is 509 g/mol. The third kappa shape index (κ3) is 7.29. The zero-order chi connectivity index (χ0) is 27.3. The molecule has 0 aliphatic carbocycles. The number of rotatable bonds is 5. The summed E-state index contributed by atoms with van der Waals surface area (Å²) in [5, 5.41) is 5.40. The molecule has 2 N–H and O–H groups in total. The van der Waals surface area contributed by atoms with E-state index in [1.807, 2.05) is 50.2 Å². The number of aliphatic imine (C=N–C) groups is 1. The first-order chi connectivity index (χ1) is 17.4. The van der Waals surface area contributed by atoms with Gasteiger partial charge in [-0.05, 0) is 71.6 Å². The first-order valence-electron chi connectivity index (χ1n) is 12.1. The topological polar surface area (TPSA) is 107 Å². The van der Waals surface area contributed by atoms with E-state index in [0.29, 0.717) is 23.5 Å². The Morgan fingerprint density at radius 1 is 1.08 bits per heavy atom. The summed E-state index contributed by atoms with van der Waals surface area (Å²) in [6.45, 7) is 8.06. The van der Waals surface area contributed by atoms with Gasteiger partial charge in [0.05, 0.1) is 5.69 Å². The highest BCUT2D eigenvalue weighted by atomic mass is 16.6. The van der Waals surface area contributed by atoms with E-state index in [4.69, 9.17) is 4.74 Å². The maximum atomic E-state index is 13.4. The number of ether oxygens (including phenoxy) is 1. The molecule has 0 unspecified atom stereocenters. The minimum absolute atomic E-state index is 0.241. The van der Waals surface area contributed by atoms with E-state index in [1.54, 1.807) is 52.1 Å². The molecule has 0 saturated carbocycles. The van der Waals surface area contributed by atoms with Crippen molar-refractivity contribution in [1.29, 1.82) is 0 Å². The van der Waals surface area contributed by atoms with Gasteiger partial charge >= 0.3 is 12.1 Å². The number of nitrogens with zero attached hydrogens (tertiary/aromatic N) is 4. The van der Waals surface area contributed by atoms with Crippen molar-refractivity contribution in [2.75, 3.05) is 44.4 Å². The predicted octanol–water partition coefficient (Wildman–Crippen LogP) is 3.66. The number of urea groups is 1. The molecule has 0 spiro atoms. The summed E-state index contributed by atoms with van der Waals surface area (Å²) in [6.07, 6.45) is -1.87. The maximum Gasteiger partial charge on any atom is 0.416 e. The maximum absolute atomic E-state index is 13.4. The molecule has 2 aromatic carbocycles. The quantitative estimate of drug-likeness (QED) is 0.641. The molecule has 1 heterocycles. The molecule has 0 radical (unpaired) electrons. The van der Waals surface area contributed by atoms with Crippen molar-refractivity contribution in [3.63, 3.8) is 0 Å². The fourth-order valence-electron chi connectivity index (χ4n) is 3.73. The van der Waals surface area contributed by atoms with Crippen LogP contribution in [0.2, 0.25) is 0 Å².